The van der Waals surface area contributed by atoms with Crippen LogP contribution in [0.5, 0.6) is 5.75 Å². The monoisotopic (exact) mass is 357 g/mol. The molecule has 0 radical (unpaired) electrons. The summed E-state index contributed by atoms with van der Waals surface area (Å²) in [6, 6.07) is 6.90. The maximum atomic E-state index is 11.8. The lowest BCUT2D eigenvalue weighted by molar-refractivity contribution is -0.118. The van der Waals surface area contributed by atoms with Crippen LogP contribution in [0.3, 0.4) is 0 Å². The first-order valence-corrected chi connectivity index (χ1v) is 8.85. The molecule has 1 amide bonds. The van der Waals surface area contributed by atoms with E-state index in [4.69, 9.17) is 16.3 Å². The molecule has 0 unspecified atom stereocenters. The van der Waals surface area contributed by atoms with Crippen LogP contribution in [-0.2, 0) is 4.79 Å². The molecular formula is C14H16ClN3O2S2. The maximum absolute atomic E-state index is 11.8. The van der Waals surface area contributed by atoms with Crippen molar-refractivity contribution in [3.8, 4) is 5.75 Å². The Kier molecular flexibility index (Phi) is 6.48. The summed E-state index contributed by atoms with van der Waals surface area (Å²) in [5.74, 6) is 1.82. The van der Waals surface area contributed by atoms with Crippen molar-refractivity contribution < 1.29 is 9.53 Å². The Bertz CT molecular complexity index is 634. The molecule has 2 rings (SSSR count). The Hall–Kier alpha value is -1.31. The second-order valence-electron chi connectivity index (χ2n) is 4.87. The second kappa shape index (κ2) is 8.36. The van der Waals surface area contributed by atoms with Gasteiger partial charge in [-0.2, -0.15) is 0 Å². The SMILES string of the molecule is CC(C)CSc1nnc(NC(=O)COc2cccc(Cl)c2)s1. The first-order chi connectivity index (χ1) is 10.5. The number of thioether (sulfide) groups is 1. The van der Waals surface area contributed by atoms with Crippen molar-refractivity contribution in [2.45, 2.75) is 18.2 Å². The van der Waals surface area contributed by atoms with Gasteiger partial charge < -0.3 is 4.74 Å². The molecule has 1 aromatic heterocycles. The topological polar surface area (TPSA) is 64.1 Å². The third kappa shape index (κ3) is 5.82. The molecule has 0 bridgehead atoms. The number of nitrogens with zero attached hydrogens (tertiary/aromatic N) is 2. The lowest BCUT2D eigenvalue weighted by atomic mass is 10.3. The summed E-state index contributed by atoms with van der Waals surface area (Å²) in [6.07, 6.45) is 0. The van der Waals surface area contributed by atoms with Crippen molar-refractivity contribution in [3.05, 3.63) is 29.3 Å². The summed E-state index contributed by atoms with van der Waals surface area (Å²) in [4.78, 5) is 11.8. The molecule has 0 saturated heterocycles. The van der Waals surface area contributed by atoms with Gasteiger partial charge in [-0.25, -0.2) is 0 Å². The summed E-state index contributed by atoms with van der Waals surface area (Å²) in [6.45, 7) is 4.18. The highest BCUT2D eigenvalue weighted by Gasteiger charge is 2.10. The van der Waals surface area contributed by atoms with Gasteiger partial charge in [0, 0.05) is 10.8 Å². The van der Waals surface area contributed by atoms with Crippen molar-refractivity contribution >= 4 is 45.7 Å². The zero-order valence-electron chi connectivity index (χ0n) is 12.2. The molecular weight excluding hydrogens is 342 g/mol. The fourth-order valence-electron chi connectivity index (χ4n) is 1.42. The van der Waals surface area contributed by atoms with E-state index in [0.29, 0.717) is 21.8 Å². The van der Waals surface area contributed by atoms with Crippen LogP contribution in [0.2, 0.25) is 5.02 Å². The highest BCUT2D eigenvalue weighted by molar-refractivity contribution is 8.01. The average molecular weight is 358 g/mol. The van der Waals surface area contributed by atoms with Crippen LogP contribution in [0.15, 0.2) is 28.6 Å². The molecule has 22 heavy (non-hydrogen) atoms. The van der Waals surface area contributed by atoms with Crippen LogP contribution in [-0.4, -0.2) is 28.5 Å². The van der Waals surface area contributed by atoms with Crippen molar-refractivity contribution in [1.82, 2.24) is 10.2 Å². The van der Waals surface area contributed by atoms with Crippen LogP contribution in [0.1, 0.15) is 13.8 Å². The van der Waals surface area contributed by atoms with E-state index >= 15 is 0 Å². The van der Waals surface area contributed by atoms with E-state index in [-0.39, 0.29) is 12.5 Å². The number of nitrogens with one attached hydrogen (secondary N) is 1. The van der Waals surface area contributed by atoms with E-state index in [1.54, 1.807) is 36.0 Å². The largest absolute Gasteiger partial charge is 0.484 e. The van der Waals surface area contributed by atoms with Gasteiger partial charge in [0.05, 0.1) is 0 Å². The van der Waals surface area contributed by atoms with Crippen molar-refractivity contribution in [2.24, 2.45) is 5.92 Å². The standard InChI is InChI=1S/C14H16ClN3O2S2/c1-9(2)8-21-14-18-17-13(22-14)16-12(19)7-20-11-5-3-4-10(15)6-11/h3-6,9H,7-8H2,1-2H3,(H,16,17,19). The van der Waals surface area contributed by atoms with Gasteiger partial charge >= 0.3 is 0 Å². The molecule has 2 aromatic rings. The third-order valence-electron chi connectivity index (χ3n) is 2.36. The van der Waals surface area contributed by atoms with Crippen molar-refractivity contribution in [1.29, 1.82) is 0 Å². The first kappa shape index (κ1) is 17.1. The molecule has 0 spiro atoms. The average Bonchev–Trinajstić information content (AvgIpc) is 2.90. The van der Waals surface area contributed by atoms with E-state index in [2.05, 4.69) is 29.4 Å². The number of benzene rings is 1. The van der Waals surface area contributed by atoms with E-state index < -0.39 is 0 Å². The van der Waals surface area contributed by atoms with Gasteiger partial charge in [0.15, 0.2) is 10.9 Å². The number of halogens is 1. The van der Waals surface area contributed by atoms with E-state index in [0.717, 1.165) is 10.1 Å². The van der Waals surface area contributed by atoms with Gasteiger partial charge in [-0.15, -0.1) is 10.2 Å². The molecule has 0 saturated carbocycles. The number of ether oxygens (including phenoxy) is 1. The zero-order chi connectivity index (χ0) is 15.9. The first-order valence-electron chi connectivity index (χ1n) is 6.67. The minimum absolute atomic E-state index is 0.103. The van der Waals surface area contributed by atoms with Crippen LogP contribution in [0.25, 0.3) is 0 Å². The lowest BCUT2D eigenvalue weighted by Crippen LogP contribution is -2.20. The zero-order valence-corrected chi connectivity index (χ0v) is 14.6. The second-order valence-corrected chi connectivity index (χ2v) is 7.55. The van der Waals surface area contributed by atoms with Gasteiger partial charge in [0.25, 0.3) is 5.91 Å². The summed E-state index contributed by atoms with van der Waals surface area (Å²) in [7, 11) is 0. The van der Waals surface area contributed by atoms with E-state index in [1.165, 1.54) is 11.3 Å². The molecule has 0 aliphatic carbocycles. The number of rotatable bonds is 7. The smallest absolute Gasteiger partial charge is 0.264 e. The van der Waals surface area contributed by atoms with Crippen LogP contribution >= 0.6 is 34.7 Å². The fraction of sp³-hybridized carbons (Fsp3) is 0.357. The van der Waals surface area contributed by atoms with Crippen molar-refractivity contribution in [2.75, 3.05) is 17.7 Å². The number of carbonyl (C=O) groups is 1. The Morgan fingerprint density at radius 2 is 2.27 bits per heavy atom. The van der Waals surface area contributed by atoms with E-state index in [9.17, 15) is 4.79 Å². The van der Waals surface area contributed by atoms with Crippen molar-refractivity contribution in [3.63, 3.8) is 0 Å². The van der Waals surface area contributed by atoms with Crippen LogP contribution < -0.4 is 10.1 Å². The molecule has 118 valence electrons. The minimum Gasteiger partial charge on any atom is -0.484 e. The highest BCUT2D eigenvalue weighted by atomic mass is 35.5. The summed E-state index contributed by atoms with van der Waals surface area (Å²) < 4.78 is 6.21. The third-order valence-corrected chi connectivity index (χ3v) is 4.99. The molecule has 1 aromatic carbocycles. The molecule has 0 fully saturated rings. The number of aromatic nitrogens is 2. The molecule has 5 nitrogen and oxygen atoms in total. The number of carbonyl (C=O) groups excluding carboxylic acids is 1. The van der Waals surface area contributed by atoms with Gasteiger partial charge in [-0.3, -0.25) is 10.1 Å². The summed E-state index contributed by atoms with van der Waals surface area (Å²) in [5.41, 5.74) is 0. The number of hydrogen-bond acceptors (Lipinski definition) is 6. The highest BCUT2D eigenvalue weighted by Crippen LogP contribution is 2.26. The van der Waals surface area contributed by atoms with Gasteiger partial charge in [0.2, 0.25) is 5.13 Å². The number of amides is 1. The molecule has 0 aliphatic rings. The summed E-state index contributed by atoms with van der Waals surface area (Å²) in [5, 5.41) is 11.7. The molecule has 0 atom stereocenters. The van der Waals surface area contributed by atoms with Gasteiger partial charge in [0.1, 0.15) is 5.75 Å². The predicted molar refractivity (Wildman–Crippen MR) is 91.0 cm³/mol. The lowest BCUT2D eigenvalue weighted by Gasteiger charge is -2.05. The molecule has 1 N–H and O–H groups in total. The Morgan fingerprint density at radius 1 is 1.45 bits per heavy atom. The number of hydrogen-bond donors (Lipinski definition) is 1. The Morgan fingerprint density at radius 3 is 3.00 bits per heavy atom. The van der Waals surface area contributed by atoms with Gasteiger partial charge in [-0.1, -0.05) is 54.6 Å². The van der Waals surface area contributed by atoms with Crippen LogP contribution in [0, 0.1) is 5.92 Å². The quantitative estimate of drug-likeness (QED) is 0.600. The van der Waals surface area contributed by atoms with Gasteiger partial charge in [-0.05, 0) is 24.1 Å². The molecule has 8 heteroatoms. The fourth-order valence-corrected chi connectivity index (χ4v) is 3.34. The molecule has 1 heterocycles. The maximum Gasteiger partial charge on any atom is 0.264 e. The Balaban J connectivity index is 1.79. The predicted octanol–water partition coefficient (Wildman–Crippen LogP) is 3.96. The van der Waals surface area contributed by atoms with E-state index in [1.807, 2.05) is 0 Å². The minimum atomic E-state index is -0.281. The molecule has 0 aliphatic heterocycles. The summed E-state index contributed by atoms with van der Waals surface area (Å²) >= 11 is 8.84. The van der Waals surface area contributed by atoms with Crippen LogP contribution in [0.4, 0.5) is 5.13 Å². The Labute approximate surface area is 142 Å². The normalized spacial score (nSPS) is 10.7. The number of anilines is 1.